The first kappa shape index (κ1) is 12.5. The summed E-state index contributed by atoms with van der Waals surface area (Å²) in [6.07, 6.45) is 16.9. The normalized spacial score (nSPS) is 54.9. The van der Waals surface area contributed by atoms with Gasteiger partial charge in [-0.2, -0.15) is 0 Å². The first-order valence-electron chi connectivity index (χ1n) is 9.19. The van der Waals surface area contributed by atoms with E-state index in [4.69, 9.17) is 9.47 Å². The predicted octanol–water partition coefficient (Wildman–Crippen LogP) is 3.93. The Kier molecular flexibility index (Phi) is 2.93. The summed E-state index contributed by atoms with van der Waals surface area (Å²) >= 11 is 0. The van der Waals surface area contributed by atoms with Gasteiger partial charge in [0.05, 0.1) is 24.4 Å². The molecule has 2 heteroatoms. The highest BCUT2D eigenvalue weighted by Gasteiger charge is 2.56. The maximum Gasteiger partial charge on any atom is 0.0844 e. The second-order valence-corrected chi connectivity index (χ2v) is 8.21. The maximum absolute atomic E-state index is 6.17. The van der Waals surface area contributed by atoms with E-state index in [1.807, 2.05) is 0 Å². The molecule has 5 unspecified atom stereocenters. The number of epoxide rings is 1. The zero-order valence-corrected chi connectivity index (χ0v) is 12.5. The van der Waals surface area contributed by atoms with E-state index in [1.54, 1.807) is 0 Å². The lowest BCUT2D eigenvalue weighted by Gasteiger charge is -2.57. The topological polar surface area (TPSA) is 21.8 Å². The third-order valence-electron chi connectivity index (χ3n) is 7.18. The molecule has 0 aromatic carbocycles. The molecule has 3 saturated carbocycles. The molecule has 6 fully saturated rings. The molecule has 20 heavy (non-hydrogen) atoms. The molecule has 6 rings (SSSR count). The van der Waals surface area contributed by atoms with E-state index in [1.165, 1.54) is 64.2 Å². The van der Waals surface area contributed by atoms with Crippen LogP contribution in [0.1, 0.15) is 64.2 Å². The molecule has 2 bridgehead atoms. The number of rotatable bonds is 2. The van der Waals surface area contributed by atoms with Crippen LogP contribution in [0.3, 0.4) is 0 Å². The van der Waals surface area contributed by atoms with Crippen molar-refractivity contribution in [3.8, 4) is 0 Å². The SMILES string of the molecule is C1CCC(C2CC3OC(C2)C3C2CCC3OC3C2)CC1. The second-order valence-electron chi connectivity index (χ2n) is 8.21. The fraction of sp³-hybridized carbons (Fsp3) is 1.00. The molecule has 0 spiro atoms. The average molecular weight is 276 g/mol. The van der Waals surface area contributed by atoms with Crippen molar-refractivity contribution in [2.24, 2.45) is 23.7 Å². The first-order chi connectivity index (χ1) is 9.88. The van der Waals surface area contributed by atoms with Crippen molar-refractivity contribution >= 4 is 0 Å². The van der Waals surface area contributed by atoms with Crippen LogP contribution in [0.25, 0.3) is 0 Å². The van der Waals surface area contributed by atoms with E-state index in [2.05, 4.69) is 0 Å². The van der Waals surface area contributed by atoms with E-state index in [0.29, 0.717) is 24.4 Å². The van der Waals surface area contributed by atoms with Crippen molar-refractivity contribution in [1.82, 2.24) is 0 Å². The molecule has 3 heterocycles. The molecule has 112 valence electrons. The molecule has 0 radical (unpaired) electrons. The summed E-state index contributed by atoms with van der Waals surface area (Å²) in [4.78, 5) is 0. The van der Waals surface area contributed by atoms with Crippen molar-refractivity contribution < 1.29 is 9.47 Å². The van der Waals surface area contributed by atoms with Gasteiger partial charge in [0.1, 0.15) is 0 Å². The van der Waals surface area contributed by atoms with Crippen LogP contribution in [0.2, 0.25) is 0 Å². The molecule has 0 aromatic rings. The highest BCUT2D eigenvalue weighted by molar-refractivity contribution is 5.04. The van der Waals surface area contributed by atoms with Crippen LogP contribution in [0.4, 0.5) is 0 Å². The Morgan fingerprint density at radius 3 is 1.95 bits per heavy atom. The highest BCUT2D eigenvalue weighted by atomic mass is 16.6. The molecule has 3 aliphatic heterocycles. The molecule has 5 atom stereocenters. The minimum absolute atomic E-state index is 0.626. The summed E-state index contributed by atoms with van der Waals surface area (Å²) in [6.45, 7) is 0. The quantitative estimate of drug-likeness (QED) is 0.713. The van der Waals surface area contributed by atoms with E-state index in [-0.39, 0.29) is 0 Å². The van der Waals surface area contributed by atoms with Crippen molar-refractivity contribution in [1.29, 1.82) is 0 Å². The van der Waals surface area contributed by atoms with E-state index in [9.17, 15) is 0 Å². The van der Waals surface area contributed by atoms with Crippen molar-refractivity contribution in [2.75, 3.05) is 0 Å². The lowest BCUT2D eigenvalue weighted by atomic mass is 9.61. The summed E-state index contributed by atoms with van der Waals surface area (Å²) in [5, 5.41) is 0. The van der Waals surface area contributed by atoms with Crippen LogP contribution >= 0.6 is 0 Å². The van der Waals surface area contributed by atoms with Gasteiger partial charge < -0.3 is 9.47 Å². The van der Waals surface area contributed by atoms with Gasteiger partial charge in [-0.3, -0.25) is 0 Å². The van der Waals surface area contributed by atoms with Crippen LogP contribution in [-0.2, 0) is 9.47 Å². The van der Waals surface area contributed by atoms with Gasteiger partial charge in [0, 0.05) is 5.92 Å². The Bertz CT molecular complexity index is 364. The zero-order valence-electron chi connectivity index (χ0n) is 12.5. The van der Waals surface area contributed by atoms with Gasteiger partial charge in [0.25, 0.3) is 0 Å². The molecule has 0 aromatic heterocycles. The Labute approximate surface area is 122 Å². The van der Waals surface area contributed by atoms with Crippen LogP contribution in [0.15, 0.2) is 0 Å². The molecule has 3 aliphatic carbocycles. The van der Waals surface area contributed by atoms with Gasteiger partial charge in [0.15, 0.2) is 0 Å². The summed E-state index contributed by atoms with van der Waals surface area (Å²) < 4.78 is 11.9. The Hall–Kier alpha value is -0.0800. The van der Waals surface area contributed by atoms with Gasteiger partial charge in [-0.1, -0.05) is 32.1 Å². The Balaban J connectivity index is 1.22. The molecule has 0 N–H and O–H groups in total. The highest BCUT2D eigenvalue weighted by Crippen LogP contribution is 2.54. The summed E-state index contributed by atoms with van der Waals surface area (Å²) in [6, 6.07) is 0. The number of fused-ring (bicyclic) bond motifs is 3. The van der Waals surface area contributed by atoms with Crippen molar-refractivity contribution in [3.63, 3.8) is 0 Å². The summed E-state index contributed by atoms with van der Waals surface area (Å²) in [5.41, 5.74) is 0. The molecule has 3 saturated heterocycles. The summed E-state index contributed by atoms with van der Waals surface area (Å²) in [7, 11) is 0. The van der Waals surface area contributed by atoms with Gasteiger partial charge in [-0.15, -0.1) is 0 Å². The van der Waals surface area contributed by atoms with Crippen LogP contribution in [0, 0.1) is 23.7 Å². The van der Waals surface area contributed by atoms with Crippen LogP contribution in [0.5, 0.6) is 0 Å². The number of hydrogen-bond donors (Lipinski definition) is 0. The number of ether oxygens (including phenoxy) is 2. The fourth-order valence-corrected chi connectivity index (χ4v) is 6.06. The average Bonchev–Trinajstić information content (AvgIpc) is 3.27. The lowest BCUT2D eigenvalue weighted by Crippen LogP contribution is -2.59. The summed E-state index contributed by atoms with van der Waals surface area (Å²) in [5.74, 6) is 3.87. The van der Waals surface area contributed by atoms with Crippen molar-refractivity contribution in [2.45, 2.75) is 88.6 Å². The largest absolute Gasteiger partial charge is 0.374 e. The predicted molar refractivity (Wildman–Crippen MR) is 77.5 cm³/mol. The van der Waals surface area contributed by atoms with E-state index in [0.717, 1.165) is 23.7 Å². The van der Waals surface area contributed by atoms with Crippen molar-refractivity contribution in [3.05, 3.63) is 0 Å². The minimum atomic E-state index is 0.626. The lowest BCUT2D eigenvalue weighted by molar-refractivity contribution is -0.251. The maximum atomic E-state index is 6.17. The molecule has 0 amide bonds. The minimum Gasteiger partial charge on any atom is -0.374 e. The van der Waals surface area contributed by atoms with E-state index < -0.39 is 0 Å². The third kappa shape index (κ3) is 1.98. The number of hydrogen-bond acceptors (Lipinski definition) is 2. The molecule has 6 aliphatic rings. The Morgan fingerprint density at radius 1 is 0.500 bits per heavy atom. The molecular formula is C18H28O2. The van der Waals surface area contributed by atoms with Gasteiger partial charge in [0.2, 0.25) is 0 Å². The monoisotopic (exact) mass is 276 g/mol. The molecular weight excluding hydrogens is 248 g/mol. The first-order valence-corrected chi connectivity index (χ1v) is 9.19. The van der Waals surface area contributed by atoms with Gasteiger partial charge in [-0.25, -0.2) is 0 Å². The van der Waals surface area contributed by atoms with Crippen LogP contribution in [-0.4, -0.2) is 24.4 Å². The second kappa shape index (κ2) is 4.71. The molecule has 2 nitrogen and oxygen atoms in total. The third-order valence-corrected chi connectivity index (χ3v) is 7.18. The van der Waals surface area contributed by atoms with Gasteiger partial charge in [-0.05, 0) is 49.9 Å². The standard InChI is InChI=1S/C18H28O2/c1-2-4-11(5-3-1)13-9-16-18(17(10-13)20-16)12-6-7-14-15(8-12)19-14/h11-18H,1-10H2. The fourth-order valence-electron chi connectivity index (χ4n) is 6.06. The Morgan fingerprint density at radius 2 is 1.20 bits per heavy atom. The van der Waals surface area contributed by atoms with E-state index >= 15 is 0 Å². The van der Waals surface area contributed by atoms with Gasteiger partial charge >= 0.3 is 0 Å². The van der Waals surface area contributed by atoms with Crippen LogP contribution < -0.4 is 0 Å². The zero-order chi connectivity index (χ0) is 13.1. The smallest absolute Gasteiger partial charge is 0.0844 e.